The summed E-state index contributed by atoms with van der Waals surface area (Å²) in [7, 11) is 0. The minimum absolute atomic E-state index is 0.0622. The molecule has 3 amide bonds. The molecule has 2 aliphatic heterocycles. The van der Waals surface area contributed by atoms with Gasteiger partial charge in [-0.15, -0.1) is 11.8 Å². The summed E-state index contributed by atoms with van der Waals surface area (Å²) in [5.74, 6) is -0.287. The van der Waals surface area contributed by atoms with Gasteiger partial charge in [-0.3, -0.25) is 4.79 Å². The van der Waals surface area contributed by atoms with Gasteiger partial charge in [-0.1, -0.05) is 35.9 Å². The Morgan fingerprint density at radius 3 is 2.47 bits per heavy atom. The Kier molecular flexibility index (Phi) is 4.73. The van der Waals surface area contributed by atoms with Crippen LogP contribution in [0, 0.1) is 26.7 Å². The van der Waals surface area contributed by atoms with Gasteiger partial charge in [0.2, 0.25) is 5.91 Å². The van der Waals surface area contributed by atoms with Crippen molar-refractivity contribution in [3.63, 3.8) is 0 Å². The van der Waals surface area contributed by atoms with Gasteiger partial charge >= 0.3 is 6.03 Å². The van der Waals surface area contributed by atoms with E-state index in [9.17, 15) is 9.59 Å². The molecule has 1 saturated heterocycles. The number of imide groups is 1. The topological polar surface area (TPSA) is 40.6 Å². The molecule has 1 fully saturated rings. The van der Waals surface area contributed by atoms with Crippen LogP contribution in [0.15, 0.2) is 52.9 Å². The Bertz CT molecular complexity index is 1070. The van der Waals surface area contributed by atoms with E-state index >= 15 is 0 Å². The largest absolute Gasteiger partial charge is 0.332 e. The van der Waals surface area contributed by atoms with E-state index in [1.807, 2.05) is 36.9 Å². The third-order valence-corrected chi connectivity index (χ3v) is 8.10. The lowest BCUT2D eigenvalue weighted by molar-refractivity contribution is -0.122. The molecule has 0 saturated carbocycles. The molecule has 2 heterocycles. The Balaban J connectivity index is 1.56. The number of hydrogen-bond donors (Lipinski definition) is 0. The van der Waals surface area contributed by atoms with Crippen molar-refractivity contribution in [3.05, 3.63) is 75.2 Å². The minimum Gasteiger partial charge on any atom is -0.306 e. The summed E-state index contributed by atoms with van der Waals surface area (Å²) in [5.41, 5.74) is 6.48. The normalized spacial score (nSPS) is 23.3. The predicted molar refractivity (Wildman–Crippen MR) is 121 cm³/mol. The Morgan fingerprint density at radius 2 is 1.73 bits per heavy atom. The van der Waals surface area contributed by atoms with Gasteiger partial charge in [0.05, 0.1) is 17.0 Å². The van der Waals surface area contributed by atoms with Crippen LogP contribution < -0.4 is 4.90 Å². The monoisotopic (exact) mass is 418 g/mol. The number of carbonyl (C=O) groups is 2. The summed E-state index contributed by atoms with van der Waals surface area (Å²) >= 11 is 1.74. The van der Waals surface area contributed by atoms with Crippen molar-refractivity contribution in [2.75, 3.05) is 4.90 Å². The lowest BCUT2D eigenvalue weighted by Gasteiger charge is -2.42. The van der Waals surface area contributed by atoms with Gasteiger partial charge in [0, 0.05) is 6.54 Å². The Hall–Kier alpha value is -2.53. The highest BCUT2D eigenvalue weighted by atomic mass is 32.2. The fraction of sp³-hybridized carbons (Fsp3) is 0.360. The number of rotatable bonds is 3. The number of thioether (sulfide) groups is 1. The van der Waals surface area contributed by atoms with Crippen LogP contribution in [0.5, 0.6) is 0 Å². The van der Waals surface area contributed by atoms with Crippen LogP contribution in [-0.2, 0) is 11.3 Å². The molecule has 0 aromatic heterocycles. The molecular weight excluding hydrogens is 392 g/mol. The van der Waals surface area contributed by atoms with E-state index in [4.69, 9.17) is 0 Å². The maximum atomic E-state index is 13.7. The lowest BCUT2D eigenvalue weighted by Crippen LogP contribution is -2.60. The van der Waals surface area contributed by atoms with E-state index in [0.717, 1.165) is 36.0 Å². The zero-order valence-electron chi connectivity index (χ0n) is 17.6. The smallest absolute Gasteiger partial charge is 0.306 e. The molecule has 2 unspecified atom stereocenters. The number of amides is 3. The van der Waals surface area contributed by atoms with Gasteiger partial charge in [0.1, 0.15) is 0 Å². The molecule has 0 N–H and O–H groups in total. The second kappa shape index (κ2) is 7.31. The quantitative estimate of drug-likeness (QED) is 0.641. The van der Waals surface area contributed by atoms with Gasteiger partial charge in [0.15, 0.2) is 0 Å². The molecule has 154 valence electrons. The molecule has 4 nitrogen and oxygen atoms in total. The molecule has 2 aromatic carbocycles. The number of fused-ring (bicyclic) bond motifs is 2. The van der Waals surface area contributed by atoms with Crippen LogP contribution in [0.4, 0.5) is 10.5 Å². The predicted octanol–water partition coefficient (Wildman–Crippen LogP) is 5.71. The van der Waals surface area contributed by atoms with E-state index in [1.54, 1.807) is 11.8 Å². The Morgan fingerprint density at radius 1 is 0.967 bits per heavy atom. The summed E-state index contributed by atoms with van der Waals surface area (Å²) in [6.45, 7) is 6.64. The molecule has 2 aromatic rings. The first-order chi connectivity index (χ1) is 14.4. The summed E-state index contributed by atoms with van der Waals surface area (Å²) in [6, 6.07) is 13.9. The first-order valence-corrected chi connectivity index (χ1v) is 11.5. The van der Waals surface area contributed by atoms with Crippen molar-refractivity contribution in [1.29, 1.82) is 0 Å². The van der Waals surface area contributed by atoms with Crippen LogP contribution >= 0.6 is 11.8 Å². The van der Waals surface area contributed by atoms with Gasteiger partial charge in [-0.2, -0.15) is 0 Å². The number of aryl methyl sites for hydroxylation is 3. The zero-order valence-corrected chi connectivity index (χ0v) is 18.5. The third-order valence-electron chi connectivity index (χ3n) is 6.58. The molecule has 3 aliphatic rings. The van der Waals surface area contributed by atoms with Crippen molar-refractivity contribution in [1.82, 2.24) is 4.90 Å². The summed E-state index contributed by atoms with van der Waals surface area (Å²) in [6.07, 6.45) is 3.13. The summed E-state index contributed by atoms with van der Waals surface area (Å²) in [5, 5.41) is -0.126. The SMILES string of the molecule is Cc1ccc(CN2C(=O)N(c3ccc(C)c(C)c3)C(=O)C3C4=C(CCC4)SC32)cc1. The standard InChI is InChI=1S/C25H26N2O2S/c1-15-7-10-18(11-8-15)14-26-24-22(20-5-4-6-21(20)30-24)23(28)27(25(26)29)19-12-9-16(2)17(3)13-19/h7-13,22,24H,4-6,14H2,1-3H3. The molecule has 0 spiro atoms. The van der Waals surface area contributed by atoms with Crippen molar-refractivity contribution in [2.24, 2.45) is 5.92 Å². The van der Waals surface area contributed by atoms with E-state index in [2.05, 4.69) is 31.2 Å². The zero-order chi connectivity index (χ0) is 21.0. The molecule has 5 heteroatoms. The molecule has 0 bridgehead atoms. The van der Waals surface area contributed by atoms with Crippen LogP contribution in [0.25, 0.3) is 0 Å². The maximum Gasteiger partial charge on any atom is 0.332 e. The van der Waals surface area contributed by atoms with E-state index in [1.165, 1.54) is 20.9 Å². The second-order valence-electron chi connectivity index (χ2n) is 8.63. The van der Waals surface area contributed by atoms with Crippen molar-refractivity contribution < 1.29 is 9.59 Å². The average molecular weight is 419 g/mol. The average Bonchev–Trinajstić information content (AvgIpc) is 3.30. The summed E-state index contributed by atoms with van der Waals surface area (Å²) in [4.78, 5) is 32.0. The van der Waals surface area contributed by atoms with E-state index in [0.29, 0.717) is 12.2 Å². The summed E-state index contributed by atoms with van der Waals surface area (Å²) < 4.78 is 0. The number of benzene rings is 2. The molecule has 30 heavy (non-hydrogen) atoms. The maximum absolute atomic E-state index is 13.7. The van der Waals surface area contributed by atoms with Gasteiger partial charge in [0.25, 0.3) is 0 Å². The van der Waals surface area contributed by atoms with Crippen molar-refractivity contribution >= 4 is 29.4 Å². The van der Waals surface area contributed by atoms with Crippen LogP contribution in [0.2, 0.25) is 0 Å². The highest BCUT2D eigenvalue weighted by Crippen LogP contribution is 2.54. The molecule has 2 atom stereocenters. The second-order valence-corrected chi connectivity index (χ2v) is 9.84. The molecular formula is C25H26N2O2S. The van der Waals surface area contributed by atoms with Gasteiger partial charge in [-0.05, 0) is 79.3 Å². The minimum atomic E-state index is -0.225. The highest BCUT2D eigenvalue weighted by molar-refractivity contribution is 8.04. The first-order valence-electron chi connectivity index (χ1n) is 10.6. The number of allylic oxidation sites excluding steroid dienone is 1. The van der Waals surface area contributed by atoms with Crippen molar-refractivity contribution in [3.8, 4) is 0 Å². The third kappa shape index (κ3) is 3.07. The Labute approximate surface area is 181 Å². The van der Waals surface area contributed by atoms with E-state index in [-0.39, 0.29) is 23.2 Å². The van der Waals surface area contributed by atoms with Crippen LogP contribution in [0.3, 0.4) is 0 Å². The molecule has 5 rings (SSSR count). The lowest BCUT2D eigenvalue weighted by atomic mass is 9.93. The number of urea groups is 1. The number of anilines is 1. The first kappa shape index (κ1) is 19.4. The molecule has 0 radical (unpaired) electrons. The van der Waals surface area contributed by atoms with Gasteiger partial charge in [-0.25, -0.2) is 9.69 Å². The molecule has 1 aliphatic carbocycles. The van der Waals surface area contributed by atoms with Crippen LogP contribution in [0.1, 0.15) is 41.5 Å². The fourth-order valence-corrected chi connectivity index (χ4v) is 6.37. The fourth-order valence-electron chi connectivity index (χ4n) is 4.72. The number of nitrogens with zero attached hydrogens (tertiary/aromatic N) is 2. The highest BCUT2D eigenvalue weighted by Gasteiger charge is 2.53. The van der Waals surface area contributed by atoms with Crippen LogP contribution in [-0.4, -0.2) is 22.2 Å². The van der Waals surface area contributed by atoms with E-state index < -0.39 is 0 Å². The number of carbonyl (C=O) groups excluding carboxylic acids is 2. The van der Waals surface area contributed by atoms with Crippen molar-refractivity contribution in [2.45, 2.75) is 52.0 Å². The number of hydrogen-bond acceptors (Lipinski definition) is 3. The van der Waals surface area contributed by atoms with Gasteiger partial charge < -0.3 is 4.90 Å².